The van der Waals surface area contributed by atoms with Crippen LogP contribution in [-0.2, 0) is 4.79 Å². The van der Waals surface area contributed by atoms with Gasteiger partial charge in [0, 0.05) is 18.5 Å². The Morgan fingerprint density at radius 2 is 2.06 bits per heavy atom. The molecule has 0 aliphatic heterocycles. The normalized spacial score (nSPS) is 18.7. The average molecular weight is 448 g/mol. The van der Waals surface area contributed by atoms with Crippen LogP contribution >= 0.6 is 11.3 Å². The number of ether oxygens (including phenoxy) is 1. The second kappa shape index (κ2) is 9.51. The van der Waals surface area contributed by atoms with Gasteiger partial charge in [0.2, 0.25) is 5.89 Å². The van der Waals surface area contributed by atoms with Gasteiger partial charge < -0.3 is 14.5 Å². The minimum atomic E-state index is -0.833. The third-order valence-electron chi connectivity index (χ3n) is 5.42. The summed E-state index contributed by atoms with van der Waals surface area (Å²) in [4.78, 5) is 17.1. The van der Waals surface area contributed by atoms with E-state index in [0.717, 1.165) is 48.4 Å². The van der Waals surface area contributed by atoms with Crippen molar-refractivity contribution in [2.75, 3.05) is 13.2 Å². The molecule has 1 aromatic carbocycles. The molecule has 0 bridgehead atoms. The van der Waals surface area contributed by atoms with Gasteiger partial charge in [0.15, 0.2) is 18.2 Å². The minimum Gasteiger partial charge on any atom is -0.481 e. The van der Waals surface area contributed by atoms with Gasteiger partial charge in [0.25, 0.3) is 11.8 Å². The second-order valence-corrected chi connectivity index (χ2v) is 8.45. The van der Waals surface area contributed by atoms with E-state index in [2.05, 4.69) is 20.5 Å². The van der Waals surface area contributed by atoms with Gasteiger partial charge >= 0.3 is 0 Å². The lowest BCUT2D eigenvalue weighted by atomic mass is 9.82. The van der Waals surface area contributed by atoms with E-state index in [9.17, 15) is 13.6 Å². The number of halogens is 2. The smallest absolute Gasteiger partial charge is 0.259 e. The molecule has 2 heterocycles. The molecule has 0 spiro atoms. The molecule has 0 radical (unpaired) electrons. The van der Waals surface area contributed by atoms with Gasteiger partial charge in [-0.15, -0.1) is 21.5 Å². The number of nitrogens with zero attached hydrogens (tertiary/aromatic N) is 3. The van der Waals surface area contributed by atoms with Crippen LogP contribution in [-0.4, -0.2) is 34.2 Å². The number of amides is 1. The van der Waals surface area contributed by atoms with Crippen LogP contribution in [0.5, 0.6) is 5.75 Å². The zero-order chi connectivity index (χ0) is 21.8. The van der Waals surface area contributed by atoms with E-state index < -0.39 is 11.6 Å². The lowest BCUT2D eigenvalue weighted by Gasteiger charge is -2.26. The highest BCUT2D eigenvalue weighted by molar-refractivity contribution is 7.13. The molecule has 1 saturated carbocycles. The summed E-state index contributed by atoms with van der Waals surface area (Å²) in [6, 6.07) is 2.97. The Kier molecular flexibility index (Phi) is 6.55. The molecule has 7 nitrogen and oxygen atoms in total. The zero-order valence-electron chi connectivity index (χ0n) is 16.9. The first-order valence-corrected chi connectivity index (χ1v) is 11.0. The van der Waals surface area contributed by atoms with E-state index in [1.807, 2.05) is 6.92 Å². The molecule has 1 aliphatic carbocycles. The summed E-state index contributed by atoms with van der Waals surface area (Å²) in [5.74, 6) is -0.292. The number of hydrogen-bond donors (Lipinski definition) is 1. The second-order valence-electron chi connectivity index (χ2n) is 7.60. The van der Waals surface area contributed by atoms with Crippen LogP contribution in [0.4, 0.5) is 8.78 Å². The fraction of sp³-hybridized carbons (Fsp3) is 0.429. The monoisotopic (exact) mass is 448 g/mol. The van der Waals surface area contributed by atoms with Crippen molar-refractivity contribution in [2.24, 2.45) is 5.92 Å². The highest BCUT2D eigenvalue weighted by atomic mass is 32.1. The molecular weight excluding hydrogens is 426 g/mol. The Morgan fingerprint density at radius 3 is 2.77 bits per heavy atom. The highest BCUT2D eigenvalue weighted by Crippen LogP contribution is 2.36. The number of nitrogens with one attached hydrogen (secondary N) is 1. The van der Waals surface area contributed by atoms with Crippen molar-refractivity contribution in [3.63, 3.8) is 0 Å². The van der Waals surface area contributed by atoms with Crippen molar-refractivity contribution in [3.05, 3.63) is 46.9 Å². The molecule has 1 aliphatic rings. The largest absolute Gasteiger partial charge is 0.481 e. The molecule has 1 N–H and O–H groups in total. The molecule has 1 fully saturated rings. The van der Waals surface area contributed by atoms with E-state index in [-0.39, 0.29) is 24.2 Å². The van der Waals surface area contributed by atoms with Crippen molar-refractivity contribution in [3.8, 4) is 16.5 Å². The van der Waals surface area contributed by atoms with E-state index in [1.165, 1.54) is 17.4 Å². The maximum Gasteiger partial charge on any atom is 0.259 e. The SMILES string of the molecule is Cc1ncsc1-c1nnc(C2CCC(CNC(=O)COc3ccc(F)cc3F)CC2)o1. The fourth-order valence-electron chi connectivity index (χ4n) is 3.66. The molecule has 3 aromatic rings. The van der Waals surface area contributed by atoms with Crippen LogP contribution in [0.1, 0.15) is 43.2 Å². The molecule has 0 saturated heterocycles. The third kappa shape index (κ3) is 5.25. The predicted octanol–water partition coefficient (Wildman–Crippen LogP) is 4.25. The quantitative estimate of drug-likeness (QED) is 0.581. The molecule has 164 valence electrons. The summed E-state index contributed by atoms with van der Waals surface area (Å²) in [5.41, 5.74) is 2.64. The first kappa shape index (κ1) is 21.4. The number of rotatable bonds is 7. The molecule has 0 atom stereocenters. The Hall–Kier alpha value is -2.88. The molecule has 4 rings (SSSR count). The van der Waals surface area contributed by atoms with Gasteiger partial charge in [-0.1, -0.05) is 0 Å². The Bertz CT molecular complexity index is 1050. The number of carbonyl (C=O) groups is 1. The lowest BCUT2D eigenvalue weighted by Crippen LogP contribution is -2.34. The van der Waals surface area contributed by atoms with E-state index in [1.54, 1.807) is 5.51 Å². The maximum atomic E-state index is 13.5. The molecule has 10 heteroatoms. The van der Waals surface area contributed by atoms with Crippen molar-refractivity contribution < 1.29 is 22.7 Å². The van der Waals surface area contributed by atoms with Crippen LogP contribution in [0.2, 0.25) is 0 Å². The Balaban J connectivity index is 1.20. The number of hydrogen-bond acceptors (Lipinski definition) is 7. The summed E-state index contributed by atoms with van der Waals surface area (Å²) < 4.78 is 37.4. The van der Waals surface area contributed by atoms with Crippen LogP contribution in [0, 0.1) is 24.5 Å². The maximum absolute atomic E-state index is 13.5. The number of carbonyl (C=O) groups excluding carboxylic acids is 1. The Labute approximate surface area is 181 Å². The fourth-order valence-corrected chi connectivity index (χ4v) is 4.38. The summed E-state index contributed by atoms with van der Waals surface area (Å²) in [5, 5.41) is 11.2. The van der Waals surface area contributed by atoms with Gasteiger partial charge in [0.1, 0.15) is 10.7 Å². The number of aromatic nitrogens is 3. The predicted molar refractivity (Wildman–Crippen MR) is 110 cm³/mol. The first-order valence-electron chi connectivity index (χ1n) is 10.1. The van der Waals surface area contributed by atoms with Crippen LogP contribution in [0.3, 0.4) is 0 Å². The average Bonchev–Trinajstić information content (AvgIpc) is 3.41. The minimum absolute atomic E-state index is 0.149. The van der Waals surface area contributed by atoms with Gasteiger partial charge in [0.05, 0.1) is 11.2 Å². The topological polar surface area (TPSA) is 90.1 Å². The lowest BCUT2D eigenvalue weighted by molar-refractivity contribution is -0.123. The standard InChI is InChI=1S/C21H22F2N4O3S/c1-12-19(31-11-25-12)21-27-26-20(30-21)14-4-2-13(3-5-14)9-24-18(28)10-29-17-7-6-15(22)8-16(17)23/h6-8,11,13-14H,2-5,9-10H2,1H3,(H,24,28). The number of aryl methyl sites for hydroxylation is 1. The van der Waals surface area contributed by atoms with Gasteiger partial charge in [-0.3, -0.25) is 4.79 Å². The van der Waals surface area contributed by atoms with Crippen LogP contribution in [0.15, 0.2) is 28.1 Å². The Morgan fingerprint density at radius 1 is 1.26 bits per heavy atom. The van der Waals surface area contributed by atoms with E-state index in [0.29, 0.717) is 24.2 Å². The van der Waals surface area contributed by atoms with Crippen molar-refractivity contribution in [1.29, 1.82) is 0 Å². The van der Waals surface area contributed by atoms with Gasteiger partial charge in [-0.05, 0) is 50.7 Å². The number of thiazole rings is 1. The van der Waals surface area contributed by atoms with Crippen LogP contribution in [0.25, 0.3) is 10.8 Å². The van der Waals surface area contributed by atoms with Crippen molar-refractivity contribution in [2.45, 2.75) is 38.5 Å². The number of benzene rings is 1. The van der Waals surface area contributed by atoms with Crippen molar-refractivity contribution >= 4 is 17.2 Å². The van der Waals surface area contributed by atoms with Gasteiger partial charge in [-0.25, -0.2) is 13.8 Å². The first-order chi connectivity index (χ1) is 15.0. The summed E-state index contributed by atoms with van der Waals surface area (Å²) in [6.07, 6.45) is 3.66. The molecule has 1 amide bonds. The molecule has 0 unspecified atom stereocenters. The molecular formula is C21H22F2N4O3S. The summed E-state index contributed by atoms with van der Waals surface area (Å²) >= 11 is 1.48. The highest BCUT2D eigenvalue weighted by Gasteiger charge is 2.27. The summed E-state index contributed by atoms with van der Waals surface area (Å²) in [7, 11) is 0. The van der Waals surface area contributed by atoms with E-state index in [4.69, 9.17) is 9.15 Å². The molecule has 31 heavy (non-hydrogen) atoms. The summed E-state index contributed by atoms with van der Waals surface area (Å²) in [6.45, 7) is 2.12. The third-order valence-corrected chi connectivity index (χ3v) is 6.33. The van der Waals surface area contributed by atoms with E-state index >= 15 is 0 Å². The van der Waals surface area contributed by atoms with Crippen LogP contribution < -0.4 is 10.1 Å². The van der Waals surface area contributed by atoms with Gasteiger partial charge in [-0.2, -0.15) is 0 Å². The molecule has 2 aromatic heterocycles. The van der Waals surface area contributed by atoms with Crippen molar-refractivity contribution in [1.82, 2.24) is 20.5 Å². The zero-order valence-corrected chi connectivity index (χ0v) is 17.8.